The van der Waals surface area contributed by atoms with Gasteiger partial charge in [-0.1, -0.05) is 29.4 Å². The van der Waals surface area contributed by atoms with Crippen LogP contribution in [0.4, 0.5) is 5.69 Å². The first-order chi connectivity index (χ1) is 8.97. The van der Waals surface area contributed by atoms with Gasteiger partial charge in [0.15, 0.2) is 5.16 Å². The van der Waals surface area contributed by atoms with E-state index in [4.69, 9.17) is 17.3 Å². The Morgan fingerprint density at radius 1 is 1.16 bits per heavy atom. The summed E-state index contributed by atoms with van der Waals surface area (Å²) in [6.45, 7) is 6.06. The van der Waals surface area contributed by atoms with Gasteiger partial charge in [-0.05, 0) is 44.0 Å². The van der Waals surface area contributed by atoms with E-state index < -0.39 is 0 Å². The molecule has 0 atom stereocenters. The second-order valence-corrected chi connectivity index (χ2v) is 5.80. The van der Waals surface area contributed by atoms with Crippen LogP contribution in [-0.2, 0) is 5.75 Å². The first-order valence-corrected chi connectivity index (χ1v) is 7.32. The van der Waals surface area contributed by atoms with Gasteiger partial charge in [-0.25, -0.2) is 9.97 Å². The van der Waals surface area contributed by atoms with Gasteiger partial charge in [0.2, 0.25) is 0 Å². The Hall–Kier alpha value is -1.26. The van der Waals surface area contributed by atoms with E-state index >= 15 is 0 Å². The van der Waals surface area contributed by atoms with E-state index in [1.54, 1.807) is 11.8 Å². The number of benzene rings is 1. The number of thioether (sulfide) groups is 1. The highest BCUT2D eigenvalue weighted by Crippen LogP contribution is 2.25. The lowest BCUT2D eigenvalue weighted by Crippen LogP contribution is -1.98. The maximum absolute atomic E-state index is 5.90. The summed E-state index contributed by atoms with van der Waals surface area (Å²) in [5.41, 5.74) is 10.7. The molecule has 0 saturated carbocycles. The van der Waals surface area contributed by atoms with Crippen molar-refractivity contribution < 1.29 is 0 Å². The van der Waals surface area contributed by atoms with E-state index in [2.05, 4.69) is 9.97 Å². The van der Waals surface area contributed by atoms with Gasteiger partial charge in [0.1, 0.15) is 0 Å². The third kappa shape index (κ3) is 3.39. The number of aryl methyl sites for hydroxylation is 2. The van der Waals surface area contributed by atoms with E-state index in [0.717, 1.165) is 33.4 Å². The second-order valence-electron chi connectivity index (χ2n) is 4.45. The molecular formula is C14H16ClN3S. The molecule has 0 unspecified atom stereocenters. The predicted molar refractivity (Wildman–Crippen MR) is 81.7 cm³/mol. The van der Waals surface area contributed by atoms with Crippen LogP contribution < -0.4 is 5.73 Å². The lowest BCUT2D eigenvalue weighted by atomic mass is 10.2. The summed E-state index contributed by atoms with van der Waals surface area (Å²) < 4.78 is 0. The first-order valence-electron chi connectivity index (χ1n) is 5.96. The van der Waals surface area contributed by atoms with Gasteiger partial charge >= 0.3 is 0 Å². The molecule has 1 heterocycles. The zero-order valence-electron chi connectivity index (χ0n) is 11.2. The molecule has 0 spiro atoms. The molecule has 2 N–H and O–H groups in total. The molecule has 1 aromatic heterocycles. The highest BCUT2D eigenvalue weighted by molar-refractivity contribution is 7.98. The number of nitrogens with zero attached hydrogens (tertiary/aromatic N) is 2. The molecule has 0 amide bonds. The quantitative estimate of drug-likeness (QED) is 0.529. The van der Waals surface area contributed by atoms with Crippen LogP contribution in [0, 0.1) is 20.8 Å². The van der Waals surface area contributed by atoms with Crippen LogP contribution in [0.3, 0.4) is 0 Å². The molecule has 0 aliphatic carbocycles. The Balaban J connectivity index is 2.12. The number of hydrogen-bond donors (Lipinski definition) is 1. The van der Waals surface area contributed by atoms with Gasteiger partial charge in [0, 0.05) is 17.1 Å². The largest absolute Gasteiger partial charge is 0.398 e. The maximum atomic E-state index is 5.90. The zero-order chi connectivity index (χ0) is 14.0. The Kier molecular flexibility index (Phi) is 4.32. The van der Waals surface area contributed by atoms with Gasteiger partial charge in [0.25, 0.3) is 0 Å². The summed E-state index contributed by atoms with van der Waals surface area (Å²) in [6.07, 6.45) is 0. The Bertz CT molecular complexity index is 591. The molecule has 19 heavy (non-hydrogen) atoms. The summed E-state index contributed by atoms with van der Waals surface area (Å²) in [5, 5.41) is 1.39. The van der Waals surface area contributed by atoms with Crippen LogP contribution in [0.15, 0.2) is 23.4 Å². The average molecular weight is 294 g/mol. The first kappa shape index (κ1) is 14.2. The number of anilines is 1. The molecule has 2 aromatic rings. The number of nitrogens with two attached hydrogens (primary N) is 1. The molecule has 0 fully saturated rings. The average Bonchev–Trinajstić information content (AvgIpc) is 2.37. The number of aromatic nitrogens is 2. The Labute approximate surface area is 122 Å². The topological polar surface area (TPSA) is 51.8 Å². The van der Waals surface area contributed by atoms with Crippen molar-refractivity contribution in [3.63, 3.8) is 0 Å². The normalized spacial score (nSPS) is 10.7. The van der Waals surface area contributed by atoms with Crippen molar-refractivity contribution in [3.8, 4) is 0 Å². The summed E-state index contributed by atoms with van der Waals surface area (Å²) >= 11 is 7.50. The highest BCUT2D eigenvalue weighted by Gasteiger charge is 2.06. The fourth-order valence-electron chi connectivity index (χ4n) is 1.64. The molecule has 0 bridgehead atoms. The molecular weight excluding hydrogens is 278 g/mol. The van der Waals surface area contributed by atoms with Crippen molar-refractivity contribution in [2.75, 3.05) is 5.73 Å². The van der Waals surface area contributed by atoms with Gasteiger partial charge in [-0.2, -0.15) is 0 Å². The number of nitrogen functional groups attached to an aromatic ring is 1. The molecule has 5 heteroatoms. The molecule has 3 nitrogen and oxygen atoms in total. The smallest absolute Gasteiger partial charge is 0.188 e. The summed E-state index contributed by atoms with van der Waals surface area (Å²) in [7, 11) is 0. The zero-order valence-corrected chi connectivity index (χ0v) is 12.8. The van der Waals surface area contributed by atoms with Crippen molar-refractivity contribution in [3.05, 3.63) is 45.7 Å². The fraction of sp³-hybridized carbons (Fsp3) is 0.286. The summed E-state index contributed by atoms with van der Waals surface area (Å²) in [5.74, 6) is 0.781. The molecule has 100 valence electrons. The molecule has 2 rings (SSSR count). The van der Waals surface area contributed by atoms with Crippen LogP contribution in [0.1, 0.15) is 22.5 Å². The minimum Gasteiger partial charge on any atom is -0.398 e. The molecule has 0 saturated heterocycles. The fourth-order valence-corrected chi connectivity index (χ4v) is 2.63. The number of halogens is 1. The van der Waals surface area contributed by atoms with Crippen molar-refractivity contribution >= 4 is 29.1 Å². The Morgan fingerprint density at radius 3 is 2.37 bits per heavy atom. The van der Waals surface area contributed by atoms with Crippen molar-refractivity contribution in [1.82, 2.24) is 9.97 Å². The lowest BCUT2D eigenvalue weighted by Gasteiger charge is -2.07. The van der Waals surface area contributed by atoms with Crippen molar-refractivity contribution in [1.29, 1.82) is 0 Å². The SMILES string of the molecule is Cc1nc(SCc2ccc(Cl)c(N)c2)nc(C)c1C. The van der Waals surface area contributed by atoms with Crippen LogP contribution in [0.25, 0.3) is 0 Å². The second kappa shape index (κ2) is 5.80. The van der Waals surface area contributed by atoms with E-state index in [1.807, 2.05) is 39.0 Å². The third-order valence-electron chi connectivity index (χ3n) is 3.04. The summed E-state index contributed by atoms with van der Waals surface area (Å²) in [4.78, 5) is 8.97. The van der Waals surface area contributed by atoms with Crippen molar-refractivity contribution in [2.24, 2.45) is 0 Å². The molecule has 0 aliphatic heterocycles. The van der Waals surface area contributed by atoms with Gasteiger partial charge in [0.05, 0.1) is 10.7 Å². The minimum absolute atomic E-state index is 0.590. The van der Waals surface area contributed by atoms with E-state index in [9.17, 15) is 0 Å². The van der Waals surface area contributed by atoms with Crippen LogP contribution in [-0.4, -0.2) is 9.97 Å². The van der Waals surface area contributed by atoms with Crippen molar-refractivity contribution in [2.45, 2.75) is 31.7 Å². The maximum Gasteiger partial charge on any atom is 0.188 e. The van der Waals surface area contributed by atoms with Gasteiger partial charge in [-0.15, -0.1) is 0 Å². The minimum atomic E-state index is 0.590. The molecule has 0 radical (unpaired) electrons. The third-order valence-corrected chi connectivity index (χ3v) is 4.30. The van der Waals surface area contributed by atoms with E-state index in [-0.39, 0.29) is 0 Å². The van der Waals surface area contributed by atoms with Gasteiger partial charge < -0.3 is 5.73 Å². The molecule has 1 aromatic carbocycles. The number of hydrogen-bond acceptors (Lipinski definition) is 4. The number of rotatable bonds is 3. The van der Waals surface area contributed by atoms with E-state index in [1.165, 1.54) is 0 Å². The Morgan fingerprint density at radius 2 is 1.79 bits per heavy atom. The predicted octanol–water partition coefficient (Wildman–Crippen LogP) is 3.93. The monoisotopic (exact) mass is 293 g/mol. The van der Waals surface area contributed by atoms with Crippen LogP contribution in [0.5, 0.6) is 0 Å². The molecule has 0 aliphatic rings. The standard InChI is InChI=1S/C14H16ClN3S/c1-8-9(2)17-14(18-10(8)3)19-7-11-4-5-12(15)13(16)6-11/h4-6H,7,16H2,1-3H3. The summed E-state index contributed by atoms with van der Waals surface area (Å²) in [6, 6.07) is 5.68. The lowest BCUT2D eigenvalue weighted by molar-refractivity contribution is 0.880. The van der Waals surface area contributed by atoms with Gasteiger partial charge in [-0.3, -0.25) is 0 Å². The van der Waals surface area contributed by atoms with E-state index in [0.29, 0.717) is 10.7 Å². The highest BCUT2D eigenvalue weighted by atomic mass is 35.5. The van der Waals surface area contributed by atoms with Crippen LogP contribution >= 0.6 is 23.4 Å². The van der Waals surface area contributed by atoms with Crippen LogP contribution in [0.2, 0.25) is 5.02 Å².